The monoisotopic (exact) mass is 441 g/mol. The molecular weight excluding hydrogens is 410 g/mol. The van der Waals surface area contributed by atoms with Crippen molar-refractivity contribution in [3.05, 3.63) is 59.7 Å². The summed E-state index contributed by atoms with van der Waals surface area (Å²) >= 11 is 5.23. The van der Waals surface area contributed by atoms with Crippen LogP contribution in [0.15, 0.2) is 48.5 Å². The van der Waals surface area contributed by atoms with Crippen molar-refractivity contribution in [3.63, 3.8) is 0 Å². The highest BCUT2D eigenvalue weighted by atomic mass is 32.1. The van der Waals surface area contributed by atoms with Crippen LogP contribution in [0.1, 0.15) is 54.9 Å². The molecule has 2 rings (SSSR count). The molecular formula is C24H31N3O3S. The van der Waals surface area contributed by atoms with Crippen LogP contribution < -0.4 is 20.7 Å². The average molecular weight is 442 g/mol. The van der Waals surface area contributed by atoms with Gasteiger partial charge in [-0.15, -0.1) is 0 Å². The minimum atomic E-state index is -0.292. The molecule has 0 radical (unpaired) electrons. The molecule has 2 amide bonds. The fourth-order valence-corrected chi connectivity index (χ4v) is 3.13. The largest absolute Gasteiger partial charge is 0.494 e. The normalized spacial score (nSPS) is 10.3. The lowest BCUT2D eigenvalue weighted by atomic mass is 10.1. The Labute approximate surface area is 189 Å². The van der Waals surface area contributed by atoms with E-state index < -0.39 is 0 Å². The van der Waals surface area contributed by atoms with Crippen LogP contribution in [0.3, 0.4) is 0 Å². The summed E-state index contributed by atoms with van der Waals surface area (Å²) in [6, 6.07) is 14.3. The van der Waals surface area contributed by atoms with Crippen molar-refractivity contribution >= 4 is 34.8 Å². The van der Waals surface area contributed by atoms with Crippen molar-refractivity contribution in [1.82, 2.24) is 10.6 Å². The molecule has 0 saturated heterocycles. The zero-order chi connectivity index (χ0) is 22.5. The van der Waals surface area contributed by atoms with E-state index in [1.807, 2.05) is 24.3 Å². The first kappa shape index (κ1) is 24.3. The zero-order valence-corrected chi connectivity index (χ0v) is 19.0. The summed E-state index contributed by atoms with van der Waals surface area (Å²) in [5.41, 5.74) is 2.12. The first-order chi connectivity index (χ1) is 15.0. The van der Waals surface area contributed by atoms with Gasteiger partial charge < -0.3 is 15.4 Å². The van der Waals surface area contributed by atoms with Gasteiger partial charge in [0, 0.05) is 18.3 Å². The number of carbonyl (C=O) groups is 2. The van der Waals surface area contributed by atoms with Gasteiger partial charge in [0.2, 0.25) is 5.91 Å². The van der Waals surface area contributed by atoms with Crippen LogP contribution in [0.5, 0.6) is 5.75 Å². The molecule has 2 aromatic carbocycles. The number of nitrogens with one attached hydrogen (secondary N) is 3. The lowest BCUT2D eigenvalue weighted by molar-refractivity contribution is -0.119. The molecule has 0 aliphatic heterocycles. The Morgan fingerprint density at radius 2 is 1.61 bits per heavy atom. The fraction of sp³-hybridized carbons (Fsp3) is 0.375. The van der Waals surface area contributed by atoms with Gasteiger partial charge >= 0.3 is 0 Å². The summed E-state index contributed by atoms with van der Waals surface area (Å²) in [5, 5.41) is 8.43. The molecule has 0 spiro atoms. The highest BCUT2D eigenvalue weighted by Crippen LogP contribution is 2.14. The SMILES string of the molecule is CCCCCCCOc1ccc(C(=O)NC(=S)Nc2ccc(CC(=O)NC)cc2)cc1. The number of rotatable bonds is 11. The topological polar surface area (TPSA) is 79.5 Å². The second kappa shape index (κ2) is 13.4. The summed E-state index contributed by atoms with van der Waals surface area (Å²) < 4.78 is 5.73. The van der Waals surface area contributed by atoms with Gasteiger partial charge in [0.1, 0.15) is 5.75 Å². The van der Waals surface area contributed by atoms with E-state index in [0.717, 1.165) is 23.4 Å². The van der Waals surface area contributed by atoms with E-state index in [4.69, 9.17) is 17.0 Å². The number of thiocarbonyl (C=S) groups is 1. The Morgan fingerprint density at radius 3 is 2.26 bits per heavy atom. The van der Waals surface area contributed by atoms with Crippen molar-refractivity contribution in [2.75, 3.05) is 19.0 Å². The number of hydrogen-bond donors (Lipinski definition) is 3. The van der Waals surface area contributed by atoms with Crippen molar-refractivity contribution in [2.45, 2.75) is 45.4 Å². The number of unbranched alkanes of at least 4 members (excludes halogenated alkanes) is 4. The molecule has 0 atom stereocenters. The Hall–Kier alpha value is -2.93. The number of anilines is 1. The van der Waals surface area contributed by atoms with Crippen LogP contribution in [0.25, 0.3) is 0 Å². The van der Waals surface area contributed by atoms with Gasteiger partial charge in [-0.1, -0.05) is 44.7 Å². The van der Waals surface area contributed by atoms with Crippen LogP contribution in [0.4, 0.5) is 5.69 Å². The summed E-state index contributed by atoms with van der Waals surface area (Å²) in [7, 11) is 1.61. The van der Waals surface area contributed by atoms with E-state index in [-0.39, 0.29) is 16.9 Å². The molecule has 7 heteroatoms. The van der Waals surface area contributed by atoms with Crippen molar-refractivity contribution in [3.8, 4) is 5.75 Å². The van der Waals surface area contributed by atoms with Crippen molar-refractivity contribution in [1.29, 1.82) is 0 Å². The highest BCUT2D eigenvalue weighted by molar-refractivity contribution is 7.80. The lowest BCUT2D eigenvalue weighted by Crippen LogP contribution is -2.34. The lowest BCUT2D eigenvalue weighted by Gasteiger charge is -2.11. The minimum Gasteiger partial charge on any atom is -0.494 e. The second-order valence-corrected chi connectivity index (χ2v) is 7.65. The third-order valence-electron chi connectivity index (χ3n) is 4.72. The highest BCUT2D eigenvalue weighted by Gasteiger charge is 2.09. The molecule has 0 heterocycles. The summed E-state index contributed by atoms with van der Waals surface area (Å²) in [5.74, 6) is 0.413. The maximum atomic E-state index is 12.4. The predicted octanol–water partition coefficient (Wildman–Crippen LogP) is 4.45. The molecule has 0 unspecified atom stereocenters. The standard InChI is InChI=1S/C24H31N3O3S/c1-3-4-5-6-7-16-30-21-14-10-19(11-15-21)23(29)27-24(31)26-20-12-8-18(9-13-20)17-22(28)25-2/h8-15H,3-7,16-17H2,1-2H3,(H,25,28)(H2,26,27,29,31). The Bertz CT molecular complexity index is 851. The molecule has 31 heavy (non-hydrogen) atoms. The number of likely N-dealkylation sites (N-methyl/N-ethyl adjacent to an activating group) is 1. The number of carbonyl (C=O) groups excluding carboxylic acids is 2. The Balaban J connectivity index is 1.76. The predicted molar refractivity (Wildman–Crippen MR) is 129 cm³/mol. The van der Waals surface area contributed by atoms with Crippen molar-refractivity contribution in [2.24, 2.45) is 0 Å². The molecule has 0 aliphatic rings. The van der Waals surface area contributed by atoms with E-state index >= 15 is 0 Å². The molecule has 0 fully saturated rings. The zero-order valence-electron chi connectivity index (χ0n) is 18.2. The number of amides is 2. The van der Waals surface area contributed by atoms with Gasteiger partial charge in [-0.2, -0.15) is 0 Å². The van der Waals surface area contributed by atoms with E-state index in [0.29, 0.717) is 18.6 Å². The maximum Gasteiger partial charge on any atom is 0.257 e. The van der Waals surface area contributed by atoms with Crippen LogP contribution in [-0.2, 0) is 11.2 Å². The quantitative estimate of drug-likeness (QED) is 0.355. The molecule has 0 aromatic heterocycles. The van der Waals surface area contributed by atoms with Crippen LogP contribution in [0.2, 0.25) is 0 Å². The summed E-state index contributed by atoms with van der Waals surface area (Å²) in [4.78, 5) is 23.8. The van der Waals surface area contributed by atoms with Gasteiger partial charge in [-0.25, -0.2) is 0 Å². The first-order valence-electron chi connectivity index (χ1n) is 10.7. The summed E-state index contributed by atoms with van der Waals surface area (Å²) in [6.07, 6.45) is 6.27. The average Bonchev–Trinajstić information content (AvgIpc) is 2.77. The first-order valence-corrected chi connectivity index (χ1v) is 11.1. The van der Waals surface area contributed by atoms with E-state index in [2.05, 4.69) is 22.9 Å². The Morgan fingerprint density at radius 1 is 0.935 bits per heavy atom. The van der Waals surface area contributed by atoms with Gasteiger partial charge in [0.15, 0.2) is 5.11 Å². The maximum absolute atomic E-state index is 12.4. The molecule has 0 bridgehead atoms. The number of benzene rings is 2. The van der Waals surface area contributed by atoms with Crippen LogP contribution >= 0.6 is 12.2 Å². The van der Waals surface area contributed by atoms with Gasteiger partial charge in [-0.05, 0) is 60.6 Å². The minimum absolute atomic E-state index is 0.0492. The summed E-state index contributed by atoms with van der Waals surface area (Å²) in [6.45, 7) is 2.88. The molecule has 0 saturated carbocycles. The number of hydrogen-bond acceptors (Lipinski definition) is 4. The van der Waals surface area contributed by atoms with E-state index in [1.165, 1.54) is 25.7 Å². The van der Waals surface area contributed by atoms with Gasteiger partial charge in [0.25, 0.3) is 5.91 Å². The van der Waals surface area contributed by atoms with E-state index in [1.54, 1.807) is 31.3 Å². The molecule has 6 nitrogen and oxygen atoms in total. The third-order valence-corrected chi connectivity index (χ3v) is 4.92. The van der Waals surface area contributed by atoms with Crippen molar-refractivity contribution < 1.29 is 14.3 Å². The third kappa shape index (κ3) is 9.17. The molecule has 2 aromatic rings. The molecule has 0 aliphatic carbocycles. The van der Waals surface area contributed by atoms with Crippen LogP contribution in [-0.4, -0.2) is 30.6 Å². The molecule has 166 valence electrons. The molecule has 3 N–H and O–H groups in total. The Kier molecular flexibility index (Phi) is 10.5. The van der Waals surface area contributed by atoms with E-state index in [9.17, 15) is 9.59 Å². The fourth-order valence-electron chi connectivity index (χ4n) is 2.92. The smallest absolute Gasteiger partial charge is 0.257 e. The van der Waals surface area contributed by atoms with Gasteiger partial charge in [-0.3, -0.25) is 14.9 Å². The van der Waals surface area contributed by atoms with Gasteiger partial charge in [0.05, 0.1) is 13.0 Å². The second-order valence-electron chi connectivity index (χ2n) is 7.24. The number of ether oxygens (including phenoxy) is 1. The van der Waals surface area contributed by atoms with Crippen LogP contribution in [0, 0.1) is 0 Å².